The van der Waals surface area contributed by atoms with Crippen molar-refractivity contribution in [1.82, 2.24) is 55.1 Å². The monoisotopic (exact) mass is 1030 g/mol. The lowest BCUT2D eigenvalue weighted by molar-refractivity contribution is -0.141. The summed E-state index contributed by atoms with van der Waals surface area (Å²) in [6.07, 6.45) is -0.424. The fourth-order valence-electron chi connectivity index (χ4n) is 6.18. The second-order valence-electron chi connectivity index (χ2n) is 16.0. The molecule has 2 unspecified atom stereocenters. The number of pyridine rings is 4. The zero-order valence-corrected chi connectivity index (χ0v) is 43.0. The predicted molar refractivity (Wildman–Crippen MR) is 281 cm³/mol. The average molecular weight is 1030 g/mol. The summed E-state index contributed by atoms with van der Waals surface area (Å²) < 4.78 is 44.6. The van der Waals surface area contributed by atoms with Crippen LogP contribution in [0, 0.1) is 34.6 Å². The summed E-state index contributed by atoms with van der Waals surface area (Å²) in [7, 11) is 0. The first-order chi connectivity index (χ1) is 34.9. The Kier molecular flexibility index (Phi) is 33.5. The van der Waals surface area contributed by atoms with Crippen LogP contribution in [0.15, 0.2) is 83.7 Å². The number of piperidine rings is 1. The van der Waals surface area contributed by atoms with Crippen LogP contribution in [0.2, 0.25) is 0 Å². The van der Waals surface area contributed by atoms with Crippen molar-refractivity contribution in [3.63, 3.8) is 0 Å². The Balaban J connectivity index is 0.000000418. The molecule has 8 heterocycles. The molecule has 0 spiro atoms. The molecule has 0 saturated carbocycles. The van der Waals surface area contributed by atoms with Gasteiger partial charge in [0.2, 0.25) is 5.56 Å². The molecular weight excluding hydrogens is 946 g/mol. The van der Waals surface area contributed by atoms with E-state index in [1.807, 2.05) is 71.0 Å². The highest BCUT2D eigenvalue weighted by Gasteiger charge is 2.32. The van der Waals surface area contributed by atoms with E-state index in [2.05, 4.69) is 45.8 Å². The van der Waals surface area contributed by atoms with Gasteiger partial charge in [-0.2, -0.15) is 23.4 Å². The fourth-order valence-corrected chi connectivity index (χ4v) is 6.18. The smallest absolute Gasteiger partial charge is 0.384 e. The number of aryl methyl sites for hydroxylation is 5. The number of morpholine rings is 1. The minimum absolute atomic E-state index is 0.0178. The molecule has 73 heavy (non-hydrogen) atoms. The molecule has 22 nitrogen and oxygen atoms in total. The first kappa shape index (κ1) is 64.9. The third-order valence-electron chi connectivity index (χ3n) is 9.94. The van der Waals surface area contributed by atoms with E-state index in [0.29, 0.717) is 57.4 Å². The molecule has 2 atom stereocenters. The van der Waals surface area contributed by atoms with Crippen LogP contribution in [0.5, 0.6) is 0 Å². The molecule has 25 heteroatoms. The number of nitrogens with zero attached hydrogens (tertiary/aromatic N) is 8. The van der Waals surface area contributed by atoms with Gasteiger partial charge < -0.3 is 72.0 Å². The van der Waals surface area contributed by atoms with Crippen molar-refractivity contribution in [1.29, 1.82) is 0 Å². The molecule has 21 N–H and O–H groups in total. The zero-order valence-electron chi connectivity index (χ0n) is 43.0. The van der Waals surface area contributed by atoms with Crippen molar-refractivity contribution in [2.75, 3.05) is 45.1 Å². The number of H-pyrrole nitrogens is 1. The second kappa shape index (κ2) is 37.6. The number of aromatic nitrogens is 9. The molecule has 2 saturated heterocycles. The van der Waals surface area contributed by atoms with Gasteiger partial charge in [0.1, 0.15) is 23.2 Å². The van der Waals surface area contributed by atoms with Gasteiger partial charge in [-0.05, 0) is 103 Å². The number of halogens is 3. The van der Waals surface area contributed by atoms with E-state index in [0.717, 1.165) is 78.2 Å². The van der Waals surface area contributed by atoms with E-state index < -0.39 is 11.9 Å². The van der Waals surface area contributed by atoms with Crippen LogP contribution >= 0.6 is 0 Å². The number of rotatable bonds is 8. The van der Waals surface area contributed by atoms with Gasteiger partial charge >= 0.3 is 6.18 Å². The Morgan fingerprint density at radius 1 is 0.644 bits per heavy atom. The molecule has 2 aliphatic heterocycles. The number of nitrogens with one attached hydrogen (secondary N) is 3. The quantitative estimate of drug-likeness (QED) is 0.103. The van der Waals surface area contributed by atoms with Crippen LogP contribution in [0.1, 0.15) is 76.5 Å². The first-order valence-corrected chi connectivity index (χ1v) is 23.8. The number of hydrogen-bond donors (Lipinski definition) is 12. The minimum Gasteiger partial charge on any atom is -0.384 e. The van der Waals surface area contributed by atoms with Crippen LogP contribution in [0.3, 0.4) is 0 Å². The van der Waals surface area contributed by atoms with Gasteiger partial charge in [-0.25, -0.2) is 19.6 Å². The highest BCUT2D eigenvalue weighted by Crippen LogP contribution is 2.27. The molecule has 0 amide bonds. The molecular formula is C48H81F3N20O2. The van der Waals surface area contributed by atoms with Gasteiger partial charge in [0, 0.05) is 81.0 Å². The van der Waals surface area contributed by atoms with Crippen molar-refractivity contribution >= 4 is 5.82 Å². The lowest BCUT2D eigenvalue weighted by Crippen LogP contribution is -2.45. The molecule has 0 aromatic carbocycles. The van der Waals surface area contributed by atoms with Gasteiger partial charge in [-0.3, -0.25) is 14.5 Å². The lowest BCUT2D eigenvalue weighted by Gasteiger charge is -2.21. The van der Waals surface area contributed by atoms with Crippen LogP contribution in [-0.4, -0.2) is 96.0 Å². The summed E-state index contributed by atoms with van der Waals surface area (Å²) in [5, 5.41) is 14.7. The van der Waals surface area contributed by atoms with E-state index in [-0.39, 0.29) is 17.8 Å². The Bertz CT molecular complexity index is 2290. The van der Waals surface area contributed by atoms with Crippen molar-refractivity contribution in [3.8, 4) is 0 Å². The van der Waals surface area contributed by atoms with Gasteiger partial charge in [-0.15, -0.1) is 0 Å². The van der Waals surface area contributed by atoms with Gasteiger partial charge in [0.15, 0.2) is 0 Å². The van der Waals surface area contributed by atoms with E-state index in [9.17, 15) is 18.0 Å². The molecule has 406 valence electrons. The van der Waals surface area contributed by atoms with Gasteiger partial charge in [0.25, 0.3) is 0 Å². The highest BCUT2D eigenvalue weighted by molar-refractivity contribution is 5.28. The molecule has 2 fully saturated rings. The normalized spacial score (nSPS) is 14.6. The van der Waals surface area contributed by atoms with E-state index in [1.165, 1.54) is 44.0 Å². The fraction of sp³-hybridized carbons (Fsp3) is 0.479. The molecule has 8 rings (SSSR count). The summed E-state index contributed by atoms with van der Waals surface area (Å²) in [5.41, 5.74) is 52.9. The third-order valence-corrected chi connectivity index (χ3v) is 9.94. The topological polar surface area (TPSA) is 388 Å². The number of nitrogens with two attached hydrogens (primary N) is 9. The molecule has 6 aromatic rings. The van der Waals surface area contributed by atoms with Crippen LogP contribution in [-0.2, 0) is 50.4 Å². The van der Waals surface area contributed by atoms with Gasteiger partial charge in [-0.1, -0.05) is 30.7 Å². The number of anilines is 1. The molecule has 0 radical (unpaired) electrons. The summed E-state index contributed by atoms with van der Waals surface area (Å²) >= 11 is 0. The molecule has 6 aromatic heterocycles. The number of ether oxygens (including phenoxy) is 1. The Labute approximate surface area is 426 Å². The van der Waals surface area contributed by atoms with E-state index in [4.69, 9.17) is 56.3 Å². The number of aromatic amines is 1. The number of hydrogen-bond acceptors (Lipinski definition) is 19. The highest BCUT2D eigenvalue weighted by atomic mass is 19.4. The number of nitrogen functional groups attached to an aromatic ring is 1. The first-order valence-electron chi connectivity index (χ1n) is 23.8. The lowest BCUT2D eigenvalue weighted by atomic mass is 10.1. The van der Waals surface area contributed by atoms with Crippen molar-refractivity contribution in [2.24, 2.45) is 45.9 Å². The van der Waals surface area contributed by atoms with Crippen LogP contribution in [0.4, 0.5) is 19.0 Å². The number of alkyl halides is 3. The maximum atomic E-state index is 12.0. The van der Waals surface area contributed by atoms with Crippen molar-refractivity contribution in [2.45, 2.75) is 112 Å². The largest absolute Gasteiger partial charge is 0.433 e. The zero-order chi connectivity index (χ0) is 54.6. The minimum atomic E-state index is -4.38. The Morgan fingerprint density at radius 2 is 1.23 bits per heavy atom. The summed E-state index contributed by atoms with van der Waals surface area (Å²) in [4.78, 5) is 28.6. The molecule has 0 aliphatic carbocycles. The van der Waals surface area contributed by atoms with Crippen LogP contribution in [0.25, 0.3) is 0 Å². The van der Waals surface area contributed by atoms with Gasteiger partial charge in [0.05, 0.1) is 49.3 Å². The average Bonchev–Trinajstić information content (AvgIpc) is 3.93. The predicted octanol–water partition coefficient (Wildman–Crippen LogP) is 1.61. The Hall–Kier alpha value is -6.10. The second-order valence-corrected chi connectivity index (χ2v) is 16.0. The molecule has 2 aliphatic rings. The van der Waals surface area contributed by atoms with E-state index >= 15 is 0 Å². The maximum Gasteiger partial charge on any atom is 0.433 e. The van der Waals surface area contributed by atoms with Crippen molar-refractivity contribution < 1.29 is 17.9 Å². The third kappa shape index (κ3) is 29.3. The maximum absolute atomic E-state index is 12.0. The van der Waals surface area contributed by atoms with Crippen molar-refractivity contribution in [3.05, 3.63) is 146 Å². The SMILES string of the molecule is Cc1cc(C)n(CN)n1.Cc1cccc(CN)n1.Cc1nc(C)n(CN)n1.NCC1CCCCN1.NCC1COCCN1.NCc1cccc(=O)[nH]1.NCc1cccc(C(F)(F)F)n1.NCc1cccc(N)n1. The summed E-state index contributed by atoms with van der Waals surface area (Å²) in [6, 6.07) is 22.9. The van der Waals surface area contributed by atoms with E-state index in [1.54, 1.807) is 27.6 Å². The summed E-state index contributed by atoms with van der Waals surface area (Å²) in [5.74, 6) is 2.17. The molecule has 0 bridgehead atoms. The standard InChI is InChI=1S/C7H7F3N2.C7H10N2.C6H11N3.C6H9N3.C6H8N2O.C6H14N2.C5H10N4.C5H12N2O/c8-7(9,10)6-3-1-2-5(4-11)12-6;1-6-3-2-4-7(5-8)9-6;1-5-3-6(2)9(4-7)8-5;7-4-5-2-1-3-6(8)9-5;7-4-5-2-1-3-6(9)8-5;7-5-6-3-1-2-4-8-6;1-4-7-5(2)9(3-6)8-4;6-3-5-4-8-2-1-7-5/h1-3H,4,11H2;2-4H,5,8H2,1H3;3H,4,7H2,1-2H3;1-3H,4,7H2,(H2,8,9);1-3H,4,7H2,(H,8,9);6,8H,1-5,7H2;3,6H2,1-2H3;5,7H,1-4,6H2. The van der Waals surface area contributed by atoms with Crippen LogP contribution < -0.4 is 67.8 Å². The summed E-state index contributed by atoms with van der Waals surface area (Å²) in [6.45, 7) is 17.1. The Morgan fingerprint density at radius 3 is 1.59 bits per heavy atom.